The quantitative estimate of drug-likeness (QED) is 0.150. The van der Waals surface area contributed by atoms with Crippen LogP contribution >= 0.6 is 11.2 Å². The highest BCUT2D eigenvalue weighted by Crippen LogP contribution is 2.78. The molecule has 7 aromatic carbocycles. The molecule has 0 aliphatic carbocycles. The van der Waals surface area contributed by atoms with E-state index in [0.29, 0.717) is 0 Å². The summed E-state index contributed by atoms with van der Waals surface area (Å²) in [5, 5.41) is 0.599. The third-order valence-corrected chi connectivity index (χ3v) is 21.5. The molecule has 2 unspecified atom stereocenters. The zero-order valence-electron chi connectivity index (χ0n) is 29.3. The van der Waals surface area contributed by atoms with Gasteiger partial charge in [0.1, 0.15) is 0 Å². The molecule has 0 spiro atoms. The minimum atomic E-state index is -3.19. The summed E-state index contributed by atoms with van der Waals surface area (Å²) in [6.07, 6.45) is 0. The van der Waals surface area contributed by atoms with Gasteiger partial charge in [-0.15, -0.1) is 11.2 Å². The molecule has 0 amide bonds. The minimum Gasteiger partial charge on any atom is -0.142 e. The van der Waals surface area contributed by atoms with E-state index in [9.17, 15) is 0 Å². The summed E-state index contributed by atoms with van der Waals surface area (Å²) in [5.74, 6) is 0. The number of aryl methyl sites for hydroxylation is 3. The summed E-state index contributed by atoms with van der Waals surface area (Å²) in [6, 6.07) is 71.6. The average Bonchev–Trinajstić information content (AvgIpc) is 3.53. The lowest BCUT2D eigenvalue weighted by atomic mass is 9.65. The lowest BCUT2D eigenvalue weighted by molar-refractivity contribution is 0.915. The molecule has 9 rings (SSSR count). The first-order valence-corrected chi connectivity index (χ1v) is 21.5. The van der Waals surface area contributed by atoms with Crippen molar-refractivity contribution in [1.82, 2.24) is 0 Å². The van der Waals surface area contributed by atoms with E-state index >= 15 is 0 Å². The zero-order valence-corrected chi connectivity index (χ0v) is 31.1. The lowest BCUT2D eigenvalue weighted by Gasteiger charge is -2.50. The molecule has 2 heterocycles. The Morgan fingerprint density at radius 3 is 1.18 bits per heavy atom. The van der Waals surface area contributed by atoms with Gasteiger partial charge in [0.25, 0.3) is 0 Å². The Kier molecular flexibility index (Phi) is 7.65. The van der Waals surface area contributed by atoms with Crippen LogP contribution in [0.2, 0.25) is 0 Å². The Labute approximate surface area is 307 Å². The van der Waals surface area contributed by atoms with Crippen LogP contribution in [0.4, 0.5) is 0 Å². The molecule has 7 aromatic rings. The highest BCUT2D eigenvalue weighted by Gasteiger charge is 2.81. The normalized spacial score (nSPS) is 21.9. The Balaban J connectivity index is 1.64. The fourth-order valence-electron chi connectivity index (χ4n) is 10.1. The van der Waals surface area contributed by atoms with Crippen LogP contribution in [-0.2, 0) is 10.1 Å². The number of fused-ring (bicyclic) bond motifs is 5. The van der Waals surface area contributed by atoms with Gasteiger partial charge in [-0.3, -0.25) is 0 Å². The van der Waals surface area contributed by atoms with E-state index in [0.717, 1.165) is 0 Å². The fourth-order valence-corrected chi connectivity index (χ4v) is 22.9. The van der Waals surface area contributed by atoms with Gasteiger partial charge in [-0.1, -0.05) is 193 Å². The Hall–Kier alpha value is -5.15. The summed E-state index contributed by atoms with van der Waals surface area (Å²) in [4.78, 5) is 1.32. The second-order valence-corrected chi connectivity index (χ2v) is 20.6. The van der Waals surface area contributed by atoms with Crippen LogP contribution in [0.1, 0.15) is 50.1 Å². The largest absolute Gasteiger partial charge is 0.192 e. The van der Waals surface area contributed by atoms with Crippen molar-refractivity contribution >= 4 is 34.8 Å². The minimum absolute atomic E-state index is 0.474. The number of hydrogen-bond acceptors (Lipinski definition) is 1. The number of allylic oxidation sites excluding steroid dienone is 2. The van der Waals surface area contributed by atoms with Crippen LogP contribution in [0.5, 0.6) is 0 Å². The van der Waals surface area contributed by atoms with Gasteiger partial charge in [-0.25, -0.2) is 0 Å². The SMILES string of the molecule is Cc1cc(C)c([Si]2(Sc3ccccc3)C3(c4ccccc4)C(c4ccccc4)=C(c4ccccc4)C2(c2ccccc2)c2ccccc23)c(C)c1. The van der Waals surface area contributed by atoms with Crippen molar-refractivity contribution in [2.45, 2.75) is 35.7 Å². The van der Waals surface area contributed by atoms with Gasteiger partial charge in [0, 0.05) is 4.90 Å². The predicted octanol–water partition coefficient (Wildman–Crippen LogP) is 11.5. The van der Waals surface area contributed by atoms with Crippen molar-refractivity contribution in [2.24, 2.45) is 0 Å². The summed E-state index contributed by atoms with van der Waals surface area (Å²) >= 11 is 2.20. The van der Waals surface area contributed by atoms with Crippen LogP contribution in [-0.4, -0.2) is 7.22 Å². The number of benzene rings is 7. The van der Waals surface area contributed by atoms with Gasteiger partial charge < -0.3 is 0 Å². The Morgan fingerprint density at radius 1 is 0.412 bits per heavy atom. The molecule has 2 aliphatic rings. The smallest absolute Gasteiger partial charge is 0.142 e. The predicted molar refractivity (Wildman–Crippen MR) is 219 cm³/mol. The van der Waals surface area contributed by atoms with E-state index in [1.807, 2.05) is 0 Å². The molecule has 0 saturated heterocycles. The van der Waals surface area contributed by atoms with E-state index in [1.165, 1.54) is 66.1 Å². The fraction of sp³-hybridized carbons (Fsp3) is 0.102. The summed E-state index contributed by atoms with van der Waals surface area (Å²) < 4.78 is 0. The molecular weight excluding hydrogens is 649 g/mol. The van der Waals surface area contributed by atoms with E-state index in [-0.39, 0.29) is 0 Å². The maximum Gasteiger partial charge on any atom is 0.192 e. The summed E-state index contributed by atoms with van der Waals surface area (Å²) in [5.41, 5.74) is 15.2. The second kappa shape index (κ2) is 12.3. The van der Waals surface area contributed by atoms with Crippen LogP contribution in [0.25, 0.3) is 11.1 Å². The first-order chi connectivity index (χ1) is 25.0. The van der Waals surface area contributed by atoms with Crippen LogP contribution in [0.15, 0.2) is 193 Å². The van der Waals surface area contributed by atoms with Gasteiger partial charge in [-0.2, -0.15) is 0 Å². The topological polar surface area (TPSA) is 0 Å². The Bertz CT molecular complexity index is 2260. The monoisotopic (exact) mass is 688 g/mol. The molecule has 246 valence electrons. The van der Waals surface area contributed by atoms with Crippen LogP contribution < -0.4 is 5.19 Å². The van der Waals surface area contributed by atoms with Crippen molar-refractivity contribution in [3.05, 3.63) is 238 Å². The molecule has 2 aliphatic heterocycles. The van der Waals surface area contributed by atoms with Crippen molar-refractivity contribution in [3.8, 4) is 0 Å². The molecular formula is C49H40SSi. The van der Waals surface area contributed by atoms with Crippen molar-refractivity contribution in [2.75, 3.05) is 0 Å². The van der Waals surface area contributed by atoms with Gasteiger partial charge in [-0.05, 0) is 82.6 Å². The first kappa shape index (κ1) is 31.8. The third-order valence-electron chi connectivity index (χ3n) is 11.4. The van der Waals surface area contributed by atoms with Gasteiger partial charge in [0.2, 0.25) is 0 Å². The van der Waals surface area contributed by atoms with E-state index in [4.69, 9.17) is 0 Å². The van der Waals surface area contributed by atoms with Crippen LogP contribution in [0.3, 0.4) is 0 Å². The molecule has 0 N–H and O–H groups in total. The molecule has 0 aromatic heterocycles. The molecule has 51 heavy (non-hydrogen) atoms. The molecule has 0 nitrogen and oxygen atoms in total. The highest BCUT2D eigenvalue weighted by atomic mass is 32.4. The van der Waals surface area contributed by atoms with E-state index in [2.05, 4.69) is 220 Å². The standard InChI is InChI=1S/C49H40SSi/c1-35-33-36(2)47(37(3)34-35)51(50-42-29-17-8-18-30-42)48(40-25-13-6-14-26-40)43-31-19-20-32-44(43)49(51,41-27-15-7-16-28-41)46(39-23-11-5-12-24-39)45(48)38-21-9-4-10-22-38/h4-34H,1-3H3. The maximum atomic E-state index is 2.48. The molecule has 0 saturated carbocycles. The van der Waals surface area contributed by atoms with E-state index < -0.39 is 17.3 Å². The molecule has 0 radical (unpaired) electrons. The highest BCUT2D eigenvalue weighted by molar-refractivity contribution is 8.31. The molecule has 2 heteroatoms. The Morgan fingerprint density at radius 2 is 0.765 bits per heavy atom. The zero-order chi connectivity index (χ0) is 34.6. The van der Waals surface area contributed by atoms with Crippen molar-refractivity contribution in [1.29, 1.82) is 0 Å². The number of rotatable bonds is 7. The third kappa shape index (κ3) is 4.27. The molecule has 2 bridgehead atoms. The average molecular weight is 689 g/mol. The first-order valence-electron chi connectivity index (χ1n) is 17.9. The van der Waals surface area contributed by atoms with Gasteiger partial charge >= 0.3 is 0 Å². The lowest BCUT2D eigenvalue weighted by Crippen LogP contribution is -2.68. The number of hydrogen-bond donors (Lipinski definition) is 0. The molecule has 0 fully saturated rings. The van der Waals surface area contributed by atoms with Crippen LogP contribution in [0, 0.1) is 20.8 Å². The summed E-state index contributed by atoms with van der Waals surface area (Å²) in [7, 11) is -3.19. The molecule has 2 atom stereocenters. The summed E-state index contributed by atoms with van der Waals surface area (Å²) in [6.45, 7) is 7.03. The maximum absolute atomic E-state index is 3.19. The van der Waals surface area contributed by atoms with Crippen molar-refractivity contribution in [3.63, 3.8) is 0 Å². The van der Waals surface area contributed by atoms with Gasteiger partial charge in [0.15, 0.2) is 7.22 Å². The second-order valence-electron chi connectivity index (χ2n) is 14.1. The van der Waals surface area contributed by atoms with Crippen molar-refractivity contribution < 1.29 is 0 Å². The van der Waals surface area contributed by atoms with E-state index in [1.54, 1.807) is 5.19 Å². The van der Waals surface area contributed by atoms with Gasteiger partial charge in [0.05, 0.1) is 10.1 Å².